The molecular formula is C11H7F4NO2S. The van der Waals surface area contributed by atoms with Gasteiger partial charge in [-0.05, 0) is 30.8 Å². The maximum Gasteiger partial charge on any atom is 0.446 e. The predicted octanol–water partition coefficient (Wildman–Crippen LogP) is 3.49. The number of thioether (sulfide) groups is 1. The van der Waals surface area contributed by atoms with E-state index in [1.807, 2.05) is 0 Å². The predicted molar refractivity (Wildman–Crippen MR) is 59.0 cm³/mol. The highest BCUT2D eigenvalue weighted by Gasteiger charge is 2.32. The summed E-state index contributed by atoms with van der Waals surface area (Å²) in [6, 6.07) is 3.28. The van der Waals surface area contributed by atoms with Crippen molar-refractivity contribution >= 4 is 17.7 Å². The molecule has 0 aromatic heterocycles. The molecule has 0 heterocycles. The van der Waals surface area contributed by atoms with Crippen LogP contribution in [0.25, 0.3) is 0 Å². The molecule has 0 fully saturated rings. The highest BCUT2D eigenvalue weighted by atomic mass is 32.2. The SMILES string of the molecule is CCOC(=O)c1c(C#N)ccc(SC(F)(F)F)c1F. The summed E-state index contributed by atoms with van der Waals surface area (Å²) < 4.78 is 55.0. The van der Waals surface area contributed by atoms with Crippen LogP contribution in [0.2, 0.25) is 0 Å². The quantitative estimate of drug-likeness (QED) is 0.486. The van der Waals surface area contributed by atoms with Gasteiger partial charge in [-0.3, -0.25) is 0 Å². The Morgan fingerprint density at radius 3 is 2.58 bits per heavy atom. The number of esters is 1. The zero-order valence-electron chi connectivity index (χ0n) is 9.55. The zero-order valence-corrected chi connectivity index (χ0v) is 10.4. The molecule has 0 saturated heterocycles. The Balaban J connectivity index is 3.31. The molecule has 0 saturated carbocycles. The molecule has 0 spiro atoms. The molecule has 3 nitrogen and oxygen atoms in total. The van der Waals surface area contributed by atoms with Gasteiger partial charge in [-0.25, -0.2) is 9.18 Å². The first-order valence-corrected chi connectivity index (χ1v) is 5.77. The minimum atomic E-state index is -4.69. The molecule has 0 N–H and O–H groups in total. The van der Waals surface area contributed by atoms with Gasteiger partial charge in [0.15, 0.2) is 5.82 Å². The van der Waals surface area contributed by atoms with E-state index in [1.165, 1.54) is 13.0 Å². The van der Waals surface area contributed by atoms with Crippen molar-refractivity contribution < 1.29 is 27.1 Å². The van der Waals surface area contributed by atoms with Crippen molar-refractivity contribution in [1.82, 2.24) is 0 Å². The average molecular weight is 293 g/mol. The van der Waals surface area contributed by atoms with Gasteiger partial charge in [0.25, 0.3) is 0 Å². The van der Waals surface area contributed by atoms with E-state index in [2.05, 4.69) is 4.74 Å². The maximum atomic E-state index is 13.9. The fourth-order valence-electron chi connectivity index (χ4n) is 1.26. The molecule has 1 rings (SSSR count). The Morgan fingerprint density at radius 1 is 1.47 bits per heavy atom. The monoisotopic (exact) mass is 293 g/mol. The van der Waals surface area contributed by atoms with Crippen LogP contribution in [0.15, 0.2) is 17.0 Å². The topological polar surface area (TPSA) is 50.1 Å². The molecule has 0 radical (unpaired) electrons. The molecule has 0 amide bonds. The Hall–Kier alpha value is -1.75. The largest absolute Gasteiger partial charge is 0.462 e. The lowest BCUT2D eigenvalue weighted by atomic mass is 10.1. The normalized spacial score (nSPS) is 10.9. The molecule has 1 aromatic carbocycles. The van der Waals surface area contributed by atoms with Crippen LogP contribution in [0.5, 0.6) is 0 Å². The number of carbonyl (C=O) groups excluding carboxylic acids is 1. The van der Waals surface area contributed by atoms with E-state index in [4.69, 9.17) is 5.26 Å². The Bertz CT molecular complexity index is 537. The third-order valence-corrected chi connectivity index (χ3v) is 2.70. The third-order valence-electron chi connectivity index (χ3n) is 1.93. The number of ether oxygens (including phenoxy) is 1. The fourth-order valence-corrected chi connectivity index (χ4v) is 1.83. The summed E-state index contributed by atoms with van der Waals surface area (Å²) in [5, 5.41) is 8.73. The molecule has 102 valence electrons. The van der Waals surface area contributed by atoms with E-state index in [-0.39, 0.29) is 12.2 Å². The first-order valence-electron chi connectivity index (χ1n) is 4.95. The second-order valence-corrected chi connectivity index (χ2v) is 4.29. The number of halogens is 4. The first-order chi connectivity index (χ1) is 8.80. The van der Waals surface area contributed by atoms with E-state index < -0.39 is 39.5 Å². The summed E-state index contributed by atoms with van der Waals surface area (Å²) >= 11 is -0.696. The standard InChI is InChI=1S/C11H7F4NO2S/c1-2-18-10(17)8-6(5-16)3-4-7(9(8)12)19-11(13,14)15/h3-4H,2H2,1H3. The van der Waals surface area contributed by atoms with Crippen molar-refractivity contribution in [1.29, 1.82) is 5.26 Å². The van der Waals surface area contributed by atoms with Crippen LogP contribution in [-0.2, 0) is 4.74 Å². The van der Waals surface area contributed by atoms with Crippen molar-refractivity contribution in [2.45, 2.75) is 17.3 Å². The van der Waals surface area contributed by atoms with Gasteiger partial charge >= 0.3 is 11.5 Å². The first kappa shape index (κ1) is 15.3. The van der Waals surface area contributed by atoms with E-state index in [9.17, 15) is 22.4 Å². The molecule has 0 aliphatic rings. The number of hydrogen-bond acceptors (Lipinski definition) is 4. The van der Waals surface area contributed by atoms with Crippen molar-refractivity contribution in [2.24, 2.45) is 0 Å². The van der Waals surface area contributed by atoms with Crippen LogP contribution in [0.4, 0.5) is 17.6 Å². The molecular weight excluding hydrogens is 286 g/mol. The lowest BCUT2D eigenvalue weighted by Gasteiger charge is -2.10. The number of carbonyl (C=O) groups is 1. The van der Waals surface area contributed by atoms with Gasteiger partial charge in [0, 0.05) is 0 Å². The lowest BCUT2D eigenvalue weighted by Crippen LogP contribution is -2.11. The molecule has 0 aliphatic carbocycles. The third kappa shape index (κ3) is 3.86. The highest BCUT2D eigenvalue weighted by molar-refractivity contribution is 8.00. The Morgan fingerprint density at radius 2 is 2.11 bits per heavy atom. The molecule has 0 aliphatic heterocycles. The second-order valence-electron chi connectivity index (χ2n) is 3.18. The number of rotatable bonds is 3. The minimum Gasteiger partial charge on any atom is -0.462 e. The van der Waals surface area contributed by atoms with Crippen molar-refractivity contribution in [3.05, 3.63) is 29.1 Å². The van der Waals surface area contributed by atoms with Gasteiger partial charge in [0.1, 0.15) is 11.6 Å². The summed E-state index contributed by atoms with van der Waals surface area (Å²) in [6.45, 7) is 1.37. The van der Waals surface area contributed by atoms with E-state index in [0.29, 0.717) is 0 Å². The molecule has 0 unspecified atom stereocenters. The van der Waals surface area contributed by atoms with Gasteiger partial charge in [-0.1, -0.05) is 0 Å². The van der Waals surface area contributed by atoms with Crippen LogP contribution in [0, 0.1) is 17.1 Å². The number of hydrogen-bond donors (Lipinski definition) is 0. The minimum absolute atomic E-state index is 0.0835. The van der Waals surface area contributed by atoms with Crippen LogP contribution in [-0.4, -0.2) is 18.1 Å². The Labute approximate surface area is 110 Å². The maximum absolute atomic E-state index is 13.9. The summed E-state index contributed by atoms with van der Waals surface area (Å²) in [6.07, 6.45) is 0. The van der Waals surface area contributed by atoms with Crippen LogP contribution in [0.3, 0.4) is 0 Å². The van der Waals surface area contributed by atoms with E-state index in [1.54, 1.807) is 0 Å². The van der Waals surface area contributed by atoms with Gasteiger partial charge in [0.2, 0.25) is 0 Å². The lowest BCUT2D eigenvalue weighted by molar-refractivity contribution is -0.0329. The smallest absolute Gasteiger partial charge is 0.446 e. The number of nitrogens with zero attached hydrogens (tertiary/aromatic N) is 1. The zero-order chi connectivity index (χ0) is 14.6. The summed E-state index contributed by atoms with van der Waals surface area (Å²) in [7, 11) is 0. The van der Waals surface area contributed by atoms with E-state index >= 15 is 0 Å². The number of alkyl halides is 3. The summed E-state index contributed by atoms with van der Waals surface area (Å²) in [5.41, 5.74) is -5.85. The summed E-state index contributed by atoms with van der Waals surface area (Å²) in [5.74, 6) is -2.57. The molecule has 8 heteroatoms. The van der Waals surface area contributed by atoms with Crippen LogP contribution >= 0.6 is 11.8 Å². The number of benzene rings is 1. The average Bonchev–Trinajstić information content (AvgIpc) is 2.30. The second kappa shape index (κ2) is 5.93. The Kier molecular flexibility index (Phi) is 4.78. The van der Waals surface area contributed by atoms with Gasteiger partial charge in [-0.15, -0.1) is 0 Å². The van der Waals surface area contributed by atoms with Gasteiger partial charge < -0.3 is 4.74 Å². The van der Waals surface area contributed by atoms with Gasteiger partial charge in [0.05, 0.1) is 17.1 Å². The van der Waals surface area contributed by atoms with Crippen molar-refractivity contribution in [3.8, 4) is 6.07 Å². The summed E-state index contributed by atoms with van der Waals surface area (Å²) in [4.78, 5) is 10.7. The van der Waals surface area contributed by atoms with Crippen LogP contribution < -0.4 is 0 Å². The number of nitriles is 1. The molecule has 1 aromatic rings. The highest BCUT2D eigenvalue weighted by Crippen LogP contribution is 2.39. The van der Waals surface area contributed by atoms with E-state index in [0.717, 1.165) is 12.1 Å². The fraction of sp³-hybridized carbons (Fsp3) is 0.273. The van der Waals surface area contributed by atoms with Crippen molar-refractivity contribution in [2.75, 3.05) is 6.61 Å². The molecule has 0 bridgehead atoms. The van der Waals surface area contributed by atoms with Crippen molar-refractivity contribution in [3.63, 3.8) is 0 Å². The van der Waals surface area contributed by atoms with Crippen LogP contribution in [0.1, 0.15) is 22.8 Å². The van der Waals surface area contributed by atoms with Gasteiger partial charge in [-0.2, -0.15) is 18.4 Å². The molecule has 0 atom stereocenters. The molecule has 19 heavy (non-hydrogen) atoms.